The predicted molar refractivity (Wildman–Crippen MR) is 83.8 cm³/mol. The molecule has 5 heteroatoms. The van der Waals surface area contributed by atoms with E-state index in [1.54, 1.807) is 11.9 Å². The molecular weight excluding hydrogens is 252 g/mol. The van der Waals surface area contributed by atoms with Gasteiger partial charge in [0.1, 0.15) is 0 Å². The lowest BCUT2D eigenvalue weighted by atomic mass is 9.84. The predicted octanol–water partition coefficient (Wildman–Crippen LogP) is 1.60. The molecule has 0 aromatic rings. The third-order valence-electron chi connectivity index (χ3n) is 4.23. The summed E-state index contributed by atoms with van der Waals surface area (Å²) in [4.78, 5) is 18.4. The number of rotatable bonds is 5. The Hall–Kier alpha value is -1.26. The third-order valence-corrected chi connectivity index (χ3v) is 4.23. The number of aliphatic imine (C=N–C) groups is 1. The van der Waals surface area contributed by atoms with E-state index in [-0.39, 0.29) is 11.3 Å². The highest BCUT2D eigenvalue weighted by Crippen LogP contribution is 2.38. The van der Waals surface area contributed by atoms with Crippen LogP contribution in [0.4, 0.5) is 0 Å². The van der Waals surface area contributed by atoms with Crippen molar-refractivity contribution < 1.29 is 4.79 Å². The van der Waals surface area contributed by atoms with E-state index in [0.717, 1.165) is 38.1 Å². The molecule has 0 aromatic carbocycles. The molecule has 1 atom stereocenters. The van der Waals surface area contributed by atoms with E-state index < -0.39 is 0 Å². The first-order valence-corrected chi connectivity index (χ1v) is 7.64. The van der Waals surface area contributed by atoms with Gasteiger partial charge in [-0.15, -0.1) is 0 Å². The number of hydrogen-bond acceptors (Lipinski definition) is 2. The van der Waals surface area contributed by atoms with Gasteiger partial charge in [0.25, 0.3) is 0 Å². The van der Waals surface area contributed by atoms with Crippen LogP contribution in [-0.2, 0) is 4.79 Å². The number of amides is 1. The fourth-order valence-electron chi connectivity index (χ4n) is 2.78. The molecule has 20 heavy (non-hydrogen) atoms. The molecule has 0 heterocycles. The zero-order valence-corrected chi connectivity index (χ0v) is 13.6. The minimum absolute atomic E-state index is 0.237. The van der Waals surface area contributed by atoms with Crippen molar-refractivity contribution in [2.24, 2.45) is 10.4 Å². The van der Waals surface area contributed by atoms with Gasteiger partial charge in [0.15, 0.2) is 5.96 Å². The molecule has 1 aliphatic rings. The monoisotopic (exact) mass is 282 g/mol. The Morgan fingerprint density at radius 1 is 1.35 bits per heavy atom. The number of nitrogens with zero attached hydrogens (tertiary/aromatic N) is 2. The SMILES string of the molecule is CCC(C)NC(=NC)NCC1(C(=O)N(C)C)CCCC1. The van der Waals surface area contributed by atoms with Gasteiger partial charge in [0, 0.05) is 33.7 Å². The lowest BCUT2D eigenvalue weighted by Gasteiger charge is -2.31. The Morgan fingerprint density at radius 3 is 2.40 bits per heavy atom. The lowest BCUT2D eigenvalue weighted by molar-refractivity contribution is -0.138. The smallest absolute Gasteiger partial charge is 0.230 e. The van der Waals surface area contributed by atoms with Gasteiger partial charge in [-0.1, -0.05) is 19.8 Å². The van der Waals surface area contributed by atoms with Crippen LogP contribution < -0.4 is 10.6 Å². The molecule has 1 fully saturated rings. The molecule has 0 aliphatic heterocycles. The first kappa shape index (κ1) is 16.8. The number of nitrogens with one attached hydrogen (secondary N) is 2. The van der Waals surface area contributed by atoms with Gasteiger partial charge in [0.05, 0.1) is 5.41 Å². The fraction of sp³-hybridized carbons (Fsp3) is 0.867. The molecule has 1 aliphatic carbocycles. The topological polar surface area (TPSA) is 56.7 Å². The highest BCUT2D eigenvalue weighted by atomic mass is 16.2. The molecule has 2 N–H and O–H groups in total. The van der Waals surface area contributed by atoms with Gasteiger partial charge >= 0.3 is 0 Å². The van der Waals surface area contributed by atoms with Crippen LogP contribution in [0.2, 0.25) is 0 Å². The van der Waals surface area contributed by atoms with Gasteiger partial charge < -0.3 is 15.5 Å². The summed E-state index contributed by atoms with van der Waals surface area (Å²) < 4.78 is 0. The second kappa shape index (κ2) is 7.50. The van der Waals surface area contributed by atoms with Crippen LogP contribution in [0.25, 0.3) is 0 Å². The summed E-state index contributed by atoms with van der Waals surface area (Å²) in [5.41, 5.74) is -0.253. The average molecular weight is 282 g/mol. The maximum absolute atomic E-state index is 12.5. The lowest BCUT2D eigenvalue weighted by Crippen LogP contribution is -2.50. The van der Waals surface area contributed by atoms with Crippen molar-refractivity contribution in [1.82, 2.24) is 15.5 Å². The van der Waals surface area contributed by atoms with E-state index in [2.05, 4.69) is 29.5 Å². The van der Waals surface area contributed by atoms with Gasteiger partial charge in [-0.3, -0.25) is 9.79 Å². The maximum atomic E-state index is 12.5. The summed E-state index contributed by atoms with van der Waals surface area (Å²) in [5.74, 6) is 1.03. The van der Waals surface area contributed by atoms with Crippen LogP contribution in [0.5, 0.6) is 0 Å². The number of hydrogen-bond donors (Lipinski definition) is 2. The van der Waals surface area contributed by atoms with Gasteiger partial charge in [-0.2, -0.15) is 0 Å². The van der Waals surface area contributed by atoms with E-state index in [1.165, 1.54) is 0 Å². The highest BCUT2D eigenvalue weighted by molar-refractivity contribution is 5.85. The molecule has 0 bridgehead atoms. The second-order valence-corrected chi connectivity index (χ2v) is 6.07. The molecule has 0 radical (unpaired) electrons. The van der Waals surface area contributed by atoms with E-state index >= 15 is 0 Å². The van der Waals surface area contributed by atoms with Crippen molar-refractivity contribution >= 4 is 11.9 Å². The molecule has 0 aromatic heterocycles. The molecule has 5 nitrogen and oxygen atoms in total. The minimum atomic E-state index is -0.253. The largest absolute Gasteiger partial charge is 0.355 e. The Morgan fingerprint density at radius 2 is 1.95 bits per heavy atom. The van der Waals surface area contributed by atoms with E-state index in [4.69, 9.17) is 0 Å². The average Bonchev–Trinajstić information content (AvgIpc) is 2.92. The maximum Gasteiger partial charge on any atom is 0.230 e. The zero-order valence-electron chi connectivity index (χ0n) is 13.6. The van der Waals surface area contributed by atoms with Crippen molar-refractivity contribution in [3.05, 3.63) is 0 Å². The number of guanidine groups is 1. The number of carbonyl (C=O) groups excluding carboxylic acids is 1. The van der Waals surface area contributed by atoms with Crippen LogP contribution in [0.15, 0.2) is 4.99 Å². The zero-order chi connectivity index (χ0) is 15.2. The Kier molecular flexibility index (Phi) is 6.30. The molecule has 1 amide bonds. The van der Waals surface area contributed by atoms with Crippen molar-refractivity contribution in [2.75, 3.05) is 27.7 Å². The summed E-state index contributed by atoms with van der Waals surface area (Å²) in [5, 5.41) is 6.68. The van der Waals surface area contributed by atoms with Crippen molar-refractivity contribution in [3.63, 3.8) is 0 Å². The molecule has 0 saturated heterocycles. The fourth-order valence-corrected chi connectivity index (χ4v) is 2.78. The first-order valence-electron chi connectivity index (χ1n) is 7.64. The molecule has 116 valence electrons. The minimum Gasteiger partial charge on any atom is -0.355 e. The van der Waals surface area contributed by atoms with Crippen molar-refractivity contribution in [3.8, 4) is 0 Å². The van der Waals surface area contributed by atoms with Crippen LogP contribution in [0.1, 0.15) is 46.0 Å². The van der Waals surface area contributed by atoms with Crippen LogP contribution in [0, 0.1) is 5.41 Å². The van der Waals surface area contributed by atoms with E-state index in [9.17, 15) is 4.79 Å². The Balaban J connectivity index is 2.65. The van der Waals surface area contributed by atoms with Gasteiger partial charge in [-0.25, -0.2) is 0 Å². The van der Waals surface area contributed by atoms with Gasteiger partial charge in [-0.05, 0) is 26.2 Å². The molecule has 1 saturated carbocycles. The van der Waals surface area contributed by atoms with E-state index in [1.807, 2.05) is 14.1 Å². The Bertz CT molecular complexity index is 346. The summed E-state index contributed by atoms with van der Waals surface area (Å²) in [6, 6.07) is 0.380. The molecule has 1 unspecified atom stereocenters. The molecular formula is C15H30N4O. The van der Waals surface area contributed by atoms with Crippen molar-refractivity contribution in [1.29, 1.82) is 0 Å². The summed E-state index contributed by atoms with van der Waals surface area (Å²) in [6.45, 7) is 4.93. The quantitative estimate of drug-likeness (QED) is 0.595. The van der Waals surface area contributed by atoms with Crippen molar-refractivity contribution in [2.45, 2.75) is 52.0 Å². The number of carbonyl (C=O) groups is 1. The molecule has 0 spiro atoms. The molecule has 1 rings (SSSR count). The standard InChI is InChI=1S/C15H30N4O/c1-6-12(2)18-14(16-3)17-11-15(9-7-8-10-15)13(20)19(4)5/h12H,6-11H2,1-5H3,(H2,16,17,18). The Labute approximate surface area is 123 Å². The van der Waals surface area contributed by atoms with E-state index in [0.29, 0.717) is 12.6 Å². The van der Waals surface area contributed by atoms with Crippen LogP contribution in [0.3, 0.4) is 0 Å². The summed E-state index contributed by atoms with van der Waals surface area (Å²) in [7, 11) is 5.45. The highest BCUT2D eigenvalue weighted by Gasteiger charge is 2.42. The van der Waals surface area contributed by atoms with Crippen LogP contribution >= 0.6 is 0 Å². The summed E-state index contributed by atoms with van der Waals surface area (Å²) in [6.07, 6.45) is 5.26. The van der Waals surface area contributed by atoms with Gasteiger partial charge in [0.2, 0.25) is 5.91 Å². The first-order chi connectivity index (χ1) is 9.45. The second-order valence-electron chi connectivity index (χ2n) is 6.07. The van der Waals surface area contributed by atoms with Crippen LogP contribution in [-0.4, -0.2) is 50.5 Å². The normalized spacial score (nSPS) is 19.6. The third kappa shape index (κ3) is 4.12. The summed E-state index contributed by atoms with van der Waals surface area (Å²) >= 11 is 0.